The van der Waals surface area contributed by atoms with Crippen LogP contribution < -0.4 is 0 Å². The SMILES string of the molecule is CCCN(CCC)CC(O)COC. The van der Waals surface area contributed by atoms with E-state index < -0.39 is 0 Å². The zero-order chi connectivity index (χ0) is 10.1. The third kappa shape index (κ3) is 6.99. The predicted molar refractivity (Wildman–Crippen MR) is 54.9 cm³/mol. The number of aliphatic hydroxyl groups is 1. The van der Waals surface area contributed by atoms with Crippen LogP contribution in [-0.2, 0) is 4.74 Å². The van der Waals surface area contributed by atoms with Gasteiger partial charge in [-0.2, -0.15) is 0 Å². The second kappa shape index (κ2) is 8.48. The molecule has 0 spiro atoms. The third-order valence-electron chi connectivity index (χ3n) is 1.91. The molecule has 0 aromatic carbocycles. The Hall–Kier alpha value is -0.120. The molecule has 80 valence electrons. The molecule has 1 unspecified atom stereocenters. The molecule has 0 radical (unpaired) electrons. The Morgan fingerprint density at radius 1 is 1.23 bits per heavy atom. The van der Waals surface area contributed by atoms with Gasteiger partial charge in [0.15, 0.2) is 0 Å². The van der Waals surface area contributed by atoms with Crippen molar-refractivity contribution in [1.82, 2.24) is 4.90 Å². The van der Waals surface area contributed by atoms with E-state index in [0.717, 1.165) is 32.5 Å². The standard InChI is InChI=1S/C10H23NO2/c1-4-6-11(7-5-2)8-10(12)9-13-3/h10,12H,4-9H2,1-3H3. The summed E-state index contributed by atoms with van der Waals surface area (Å²) >= 11 is 0. The van der Waals surface area contributed by atoms with Crippen molar-refractivity contribution in [3.63, 3.8) is 0 Å². The van der Waals surface area contributed by atoms with E-state index in [2.05, 4.69) is 18.7 Å². The van der Waals surface area contributed by atoms with Crippen molar-refractivity contribution < 1.29 is 9.84 Å². The molecule has 0 rings (SSSR count). The molecule has 0 aliphatic rings. The first-order valence-corrected chi connectivity index (χ1v) is 5.13. The predicted octanol–water partition coefficient (Wildman–Crippen LogP) is 1.12. The summed E-state index contributed by atoms with van der Waals surface area (Å²) in [6.07, 6.45) is 1.93. The Bertz CT molecular complexity index is 103. The van der Waals surface area contributed by atoms with Gasteiger partial charge >= 0.3 is 0 Å². The highest BCUT2D eigenvalue weighted by atomic mass is 16.5. The summed E-state index contributed by atoms with van der Waals surface area (Å²) in [4.78, 5) is 2.28. The van der Waals surface area contributed by atoms with E-state index in [0.29, 0.717) is 6.61 Å². The molecule has 0 fully saturated rings. The molecule has 0 amide bonds. The maximum atomic E-state index is 9.51. The largest absolute Gasteiger partial charge is 0.389 e. The van der Waals surface area contributed by atoms with Gasteiger partial charge in [-0.3, -0.25) is 0 Å². The van der Waals surface area contributed by atoms with Crippen molar-refractivity contribution in [3.05, 3.63) is 0 Å². The van der Waals surface area contributed by atoms with Crippen LogP contribution in [-0.4, -0.2) is 49.5 Å². The molecule has 0 saturated heterocycles. The number of hydrogen-bond donors (Lipinski definition) is 1. The maximum absolute atomic E-state index is 9.51. The first-order valence-electron chi connectivity index (χ1n) is 5.13. The molecule has 0 aliphatic carbocycles. The molecule has 3 heteroatoms. The van der Waals surface area contributed by atoms with Gasteiger partial charge in [0.2, 0.25) is 0 Å². The Morgan fingerprint density at radius 3 is 2.15 bits per heavy atom. The molecule has 0 aromatic heterocycles. The average Bonchev–Trinajstić information content (AvgIpc) is 2.05. The lowest BCUT2D eigenvalue weighted by Crippen LogP contribution is -2.35. The maximum Gasteiger partial charge on any atom is 0.0900 e. The molecule has 0 bridgehead atoms. The summed E-state index contributed by atoms with van der Waals surface area (Å²) in [5, 5.41) is 9.51. The van der Waals surface area contributed by atoms with E-state index >= 15 is 0 Å². The lowest BCUT2D eigenvalue weighted by molar-refractivity contribution is 0.0377. The highest BCUT2D eigenvalue weighted by Gasteiger charge is 2.09. The molecule has 0 heterocycles. The number of ether oxygens (including phenoxy) is 1. The summed E-state index contributed by atoms with van der Waals surface area (Å²) in [5.74, 6) is 0. The lowest BCUT2D eigenvalue weighted by Gasteiger charge is -2.23. The molecule has 1 atom stereocenters. The van der Waals surface area contributed by atoms with E-state index in [1.807, 2.05) is 0 Å². The van der Waals surface area contributed by atoms with Crippen LogP contribution in [0, 0.1) is 0 Å². The topological polar surface area (TPSA) is 32.7 Å². The molecule has 3 nitrogen and oxygen atoms in total. The van der Waals surface area contributed by atoms with Crippen LogP contribution in [0.3, 0.4) is 0 Å². The molecule has 0 saturated carbocycles. The van der Waals surface area contributed by atoms with Crippen LogP contribution >= 0.6 is 0 Å². The lowest BCUT2D eigenvalue weighted by atomic mass is 10.3. The van der Waals surface area contributed by atoms with Crippen molar-refractivity contribution in [2.45, 2.75) is 32.8 Å². The summed E-state index contributed by atoms with van der Waals surface area (Å²) in [7, 11) is 1.62. The minimum Gasteiger partial charge on any atom is -0.389 e. The Labute approximate surface area is 81.7 Å². The average molecular weight is 189 g/mol. The van der Waals surface area contributed by atoms with E-state index in [9.17, 15) is 5.11 Å². The fourth-order valence-corrected chi connectivity index (χ4v) is 1.47. The fraction of sp³-hybridized carbons (Fsp3) is 1.00. The van der Waals surface area contributed by atoms with Crippen LogP contribution in [0.4, 0.5) is 0 Å². The molecule has 1 N–H and O–H groups in total. The van der Waals surface area contributed by atoms with E-state index in [1.165, 1.54) is 0 Å². The van der Waals surface area contributed by atoms with Gasteiger partial charge in [-0.1, -0.05) is 13.8 Å². The highest BCUT2D eigenvalue weighted by Crippen LogP contribution is 1.97. The minimum atomic E-state index is -0.344. The fourth-order valence-electron chi connectivity index (χ4n) is 1.47. The summed E-state index contributed by atoms with van der Waals surface area (Å²) < 4.78 is 4.88. The van der Waals surface area contributed by atoms with Crippen molar-refractivity contribution in [1.29, 1.82) is 0 Å². The van der Waals surface area contributed by atoms with E-state index in [1.54, 1.807) is 7.11 Å². The van der Waals surface area contributed by atoms with Crippen LogP contribution in [0.2, 0.25) is 0 Å². The van der Waals surface area contributed by atoms with Crippen LogP contribution in [0.25, 0.3) is 0 Å². The highest BCUT2D eigenvalue weighted by molar-refractivity contribution is 4.63. The number of rotatable bonds is 8. The smallest absolute Gasteiger partial charge is 0.0900 e. The molecule has 13 heavy (non-hydrogen) atoms. The van der Waals surface area contributed by atoms with Gasteiger partial charge in [-0.05, 0) is 25.9 Å². The summed E-state index contributed by atoms with van der Waals surface area (Å²) in [6, 6.07) is 0. The number of aliphatic hydroxyl groups excluding tert-OH is 1. The Kier molecular flexibility index (Phi) is 8.40. The molecule has 0 aromatic rings. The monoisotopic (exact) mass is 189 g/mol. The van der Waals surface area contributed by atoms with Crippen molar-refractivity contribution >= 4 is 0 Å². The van der Waals surface area contributed by atoms with Gasteiger partial charge < -0.3 is 14.7 Å². The zero-order valence-corrected chi connectivity index (χ0v) is 9.12. The van der Waals surface area contributed by atoms with Gasteiger partial charge in [-0.15, -0.1) is 0 Å². The van der Waals surface area contributed by atoms with Gasteiger partial charge in [0, 0.05) is 13.7 Å². The van der Waals surface area contributed by atoms with Gasteiger partial charge in [0.1, 0.15) is 0 Å². The van der Waals surface area contributed by atoms with Gasteiger partial charge in [0.05, 0.1) is 12.7 Å². The minimum absolute atomic E-state index is 0.344. The third-order valence-corrected chi connectivity index (χ3v) is 1.91. The van der Waals surface area contributed by atoms with Gasteiger partial charge in [-0.25, -0.2) is 0 Å². The van der Waals surface area contributed by atoms with Crippen molar-refractivity contribution in [2.75, 3.05) is 33.4 Å². The second-order valence-electron chi connectivity index (χ2n) is 3.41. The quantitative estimate of drug-likeness (QED) is 0.621. The molecular formula is C10H23NO2. The number of nitrogens with zero attached hydrogens (tertiary/aromatic N) is 1. The van der Waals surface area contributed by atoms with Crippen LogP contribution in [0.1, 0.15) is 26.7 Å². The second-order valence-corrected chi connectivity index (χ2v) is 3.41. The van der Waals surface area contributed by atoms with Crippen LogP contribution in [0.5, 0.6) is 0 Å². The van der Waals surface area contributed by atoms with Crippen molar-refractivity contribution in [3.8, 4) is 0 Å². The normalized spacial score (nSPS) is 13.6. The first-order chi connectivity index (χ1) is 6.24. The van der Waals surface area contributed by atoms with Gasteiger partial charge in [0.25, 0.3) is 0 Å². The first kappa shape index (κ1) is 12.9. The van der Waals surface area contributed by atoms with E-state index in [-0.39, 0.29) is 6.10 Å². The Balaban J connectivity index is 3.64. The number of hydrogen-bond acceptors (Lipinski definition) is 3. The van der Waals surface area contributed by atoms with Crippen LogP contribution in [0.15, 0.2) is 0 Å². The van der Waals surface area contributed by atoms with Crippen molar-refractivity contribution in [2.24, 2.45) is 0 Å². The summed E-state index contributed by atoms with van der Waals surface area (Å²) in [6.45, 7) is 7.61. The van der Waals surface area contributed by atoms with E-state index in [4.69, 9.17) is 4.74 Å². The summed E-state index contributed by atoms with van der Waals surface area (Å²) in [5.41, 5.74) is 0. The zero-order valence-electron chi connectivity index (χ0n) is 9.12. The number of methoxy groups -OCH3 is 1. The molecule has 0 aliphatic heterocycles. The molecular weight excluding hydrogens is 166 g/mol. The Morgan fingerprint density at radius 2 is 1.77 bits per heavy atom.